The number of halogens is 2. The Labute approximate surface area is 271 Å². The van der Waals surface area contributed by atoms with Crippen LogP contribution in [-0.2, 0) is 25.5 Å². The van der Waals surface area contributed by atoms with Crippen molar-refractivity contribution < 1.29 is 33.4 Å². The molecule has 1 heterocycles. The number of rotatable bonds is 9. The Balaban J connectivity index is 1.13. The highest BCUT2D eigenvalue weighted by atomic mass is 79.9. The molecular weight excluding hydrogens is 694 g/mol. The molecule has 0 N–H and O–H groups in total. The molecular formula is C34H29Br2NO7. The molecule has 3 aromatic carbocycles. The van der Waals surface area contributed by atoms with Crippen LogP contribution in [0.3, 0.4) is 0 Å². The number of likely N-dealkylation sites (tertiary alicyclic amines) is 1. The Kier molecular flexibility index (Phi) is 8.57. The van der Waals surface area contributed by atoms with Gasteiger partial charge in [-0.2, -0.15) is 0 Å². The lowest BCUT2D eigenvalue weighted by molar-refractivity contribution is -0.158. The number of alkyl halides is 2. The van der Waals surface area contributed by atoms with E-state index in [0.717, 1.165) is 22.4 Å². The number of nitrogens with zero attached hydrogens (tertiary/aromatic N) is 1. The molecule has 3 aliphatic rings. The van der Waals surface area contributed by atoms with Crippen molar-refractivity contribution in [2.24, 2.45) is 23.7 Å². The summed E-state index contributed by atoms with van der Waals surface area (Å²) < 4.78 is 10.9. The van der Waals surface area contributed by atoms with E-state index >= 15 is 0 Å². The van der Waals surface area contributed by atoms with Gasteiger partial charge in [-0.15, -0.1) is 0 Å². The van der Waals surface area contributed by atoms with Gasteiger partial charge in [-0.05, 0) is 67.1 Å². The minimum absolute atomic E-state index is 0.00457. The quantitative estimate of drug-likeness (QED) is 0.0967. The SMILES string of the molecule is Cc1ccc(C(=O)Oc2ccc(C(=O)COC(=O)[C@H](Cc3ccccc3)N3C(=O)[C@@H]4[C@H]5C[C@@H]([C@H](Br)[C@@H]5Br)[C@@H]4C3=O)cc2)cc1. The molecule has 3 aromatic rings. The van der Waals surface area contributed by atoms with E-state index in [0.29, 0.717) is 5.56 Å². The van der Waals surface area contributed by atoms with Crippen LogP contribution in [0.15, 0.2) is 78.9 Å². The first-order valence-electron chi connectivity index (χ1n) is 14.4. The lowest BCUT2D eigenvalue weighted by Crippen LogP contribution is -2.48. The monoisotopic (exact) mass is 721 g/mol. The van der Waals surface area contributed by atoms with Crippen LogP contribution >= 0.6 is 31.9 Å². The van der Waals surface area contributed by atoms with E-state index in [2.05, 4.69) is 31.9 Å². The Hall–Kier alpha value is -3.63. The van der Waals surface area contributed by atoms with Gasteiger partial charge in [0.2, 0.25) is 11.8 Å². The molecule has 8 nitrogen and oxygen atoms in total. The minimum Gasteiger partial charge on any atom is -0.456 e. The molecule has 2 bridgehead atoms. The highest BCUT2D eigenvalue weighted by Crippen LogP contribution is 2.60. The number of esters is 2. The van der Waals surface area contributed by atoms with Gasteiger partial charge in [-0.3, -0.25) is 19.3 Å². The number of amides is 2. The molecule has 10 heteroatoms. The van der Waals surface area contributed by atoms with E-state index in [9.17, 15) is 24.0 Å². The molecule has 0 aromatic heterocycles. The third kappa shape index (κ3) is 5.65. The fourth-order valence-corrected chi connectivity index (χ4v) is 8.55. The van der Waals surface area contributed by atoms with Crippen molar-refractivity contribution in [2.45, 2.75) is 35.5 Å². The van der Waals surface area contributed by atoms with Crippen LogP contribution in [-0.4, -0.2) is 56.7 Å². The lowest BCUT2D eigenvalue weighted by atomic mass is 9.81. The number of hydrogen-bond acceptors (Lipinski definition) is 7. The van der Waals surface area contributed by atoms with Gasteiger partial charge >= 0.3 is 11.9 Å². The maximum absolute atomic E-state index is 13.7. The molecule has 226 valence electrons. The first-order chi connectivity index (χ1) is 21.1. The third-order valence-corrected chi connectivity index (χ3v) is 12.1. The molecule has 0 spiro atoms. The fraction of sp³-hybridized carbons (Fsp3) is 0.324. The van der Waals surface area contributed by atoms with Gasteiger partial charge < -0.3 is 9.47 Å². The Morgan fingerprint density at radius 1 is 0.818 bits per heavy atom. The summed E-state index contributed by atoms with van der Waals surface area (Å²) in [7, 11) is 0. The summed E-state index contributed by atoms with van der Waals surface area (Å²) >= 11 is 7.39. The van der Waals surface area contributed by atoms with Crippen LogP contribution in [0.1, 0.15) is 38.3 Å². The smallest absolute Gasteiger partial charge is 0.343 e. The molecule has 6 rings (SSSR count). The standard InChI is InChI=1S/C34H29Br2NO7/c1-18-7-9-21(10-8-18)33(41)44-22-13-11-20(12-14-22)26(38)17-43-34(42)25(15-19-5-3-2-4-6-19)37-31(39)27-23-16-24(28(27)32(37)40)30(36)29(23)35/h2-14,23-25,27-30H,15-17H2,1H3/t23-,24-,25+,27-,28+,29-,30+/m1/s1. The number of carbonyl (C=O) groups is 5. The molecule has 2 aliphatic carbocycles. The number of benzene rings is 3. The number of ketones is 1. The molecule has 1 saturated heterocycles. The van der Waals surface area contributed by atoms with E-state index in [1.54, 1.807) is 12.1 Å². The second-order valence-corrected chi connectivity index (χ2v) is 13.7. The highest BCUT2D eigenvalue weighted by molar-refractivity contribution is 9.12. The van der Waals surface area contributed by atoms with E-state index in [-0.39, 0.29) is 51.0 Å². The van der Waals surface area contributed by atoms with Crippen LogP contribution in [0.25, 0.3) is 0 Å². The van der Waals surface area contributed by atoms with Crippen molar-refractivity contribution in [3.8, 4) is 5.75 Å². The summed E-state index contributed by atoms with van der Waals surface area (Å²) in [5, 5.41) is 0. The minimum atomic E-state index is -1.19. The third-order valence-electron chi connectivity index (χ3n) is 8.90. The molecule has 0 radical (unpaired) electrons. The zero-order valence-corrected chi connectivity index (χ0v) is 26.9. The summed E-state index contributed by atoms with van der Waals surface area (Å²) in [4.78, 5) is 67.5. The molecule has 2 amide bonds. The Morgan fingerprint density at radius 2 is 1.39 bits per heavy atom. The van der Waals surface area contributed by atoms with Gasteiger partial charge in [0.15, 0.2) is 12.4 Å². The van der Waals surface area contributed by atoms with Crippen LogP contribution < -0.4 is 4.74 Å². The number of imide groups is 1. The number of ether oxygens (including phenoxy) is 2. The van der Waals surface area contributed by atoms with Crippen molar-refractivity contribution >= 4 is 61.4 Å². The van der Waals surface area contributed by atoms with Gasteiger partial charge in [0.25, 0.3) is 0 Å². The topological polar surface area (TPSA) is 107 Å². The lowest BCUT2D eigenvalue weighted by Gasteiger charge is -2.28. The number of carbonyl (C=O) groups excluding carboxylic acids is 5. The highest BCUT2D eigenvalue weighted by Gasteiger charge is 2.67. The zero-order chi connectivity index (χ0) is 31.1. The predicted molar refractivity (Wildman–Crippen MR) is 168 cm³/mol. The predicted octanol–water partition coefficient (Wildman–Crippen LogP) is 5.33. The summed E-state index contributed by atoms with van der Waals surface area (Å²) in [6, 6.07) is 20.8. The van der Waals surface area contributed by atoms with E-state index in [4.69, 9.17) is 9.47 Å². The average molecular weight is 723 g/mol. The maximum Gasteiger partial charge on any atom is 0.343 e. The van der Waals surface area contributed by atoms with Crippen LogP contribution in [0.4, 0.5) is 0 Å². The Morgan fingerprint density at radius 3 is 1.98 bits per heavy atom. The van der Waals surface area contributed by atoms with E-state index < -0.39 is 42.2 Å². The first kappa shape index (κ1) is 30.4. The van der Waals surface area contributed by atoms with Crippen molar-refractivity contribution in [2.75, 3.05) is 6.61 Å². The molecule has 2 saturated carbocycles. The second kappa shape index (κ2) is 12.4. The summed E-state index contributed by atoms with van der Waals surface area (Å²) in [5.74, 6) is -3.20. The molecule has 7 atom stereocenters. The Bertz CT molecular complexity index is 1580. The summed E-state index contributed by atoms with van der Waals surface area (Å²) in [6.07, 6.45) is 0.857. The molecule has 3 fully saturated rings. The number of aryl methyl sites for hydroxylation is 1. The summed E-state index contributed by atoms with van der Waals surface area (Å²) in [6.45, 7) is 1.34. The normalized spacial score (nSPS) is 25.9. The number of Topliss-reactive ketones (excluding diaryl/α,β-unsaturated/α-hetero) is 1. The van der Waals surface area contributed by atoms with Crippen LogP contribution in [0, 0.1) is 30.6 Å². The van der Waals surface area contributed by atoms with Crippen molar-refractivity contribution in [3.05, 3.63) is 101 Å². The van der Waals surface area contributed by atoms with Gasteiger partial charge in [0, 0.05) is 21.6 Å². The first-order valence-corrected chi connectivity index (χ1v) is 16.2. The van der Waals surface area contributed by atoms with Crippen molar-refractivity contribution in [1.29, 1.82) is 0 Å². The van der Waals surface area contributed by atoms with Gasteiger partial charge in [0.05, 0.1) is 17.4 Å². The maximum atomic E-state index is 13.7. The van der Waals surface area contributed by atoms with E-state index in [1.807, 2.05) is 49.4 Å². The second-order valence-electron chi connectivity index (χ2n) is 11.6. The van der Waals surface area contributed by atoms with Crippen molar-refractivity contribution in [1.82, 2.24) is 4.90 Å². The largest absolute Gasteiger partial charge is 0.456 e. The van der Waals surface area contributed by atoms with Crippen LogP contribution in [0.2, 0.25) is 0 Å². The fourth-order valence-electron chi connectivity index (χ4n) is 6.68. The van der Waals surface area contributed by atoms with Gasteiger partial charge in [-0.25, -0.2) is 9.59 Å². The van der Waals surface area contributed by atoms with Gasteiger partial charge in [0.1, 0.15) is 11.8 Å². The molecule has 0 unspecified atom stereocenters. The zero-order valence-electron chi connectivity index (χ0n) is 23.7. The average Bonchev–Trinajstić information content (AvgIpc) is 3.64. The van der Waals surface area contributed by atoms with Gasteiger partial charge in [-0.1, -0.05) is 79.9 Å². The van der Waals surface area contributed by atoms with Crippen LogP contribution in [0.5, 0.6) is 5.75 Å². The van der Waals surface area contributed by atoms with Crippen molar-refractivity contribution in [3.63, 3.8) is 0 Å². The number of fused-ring (bicyclic) bond motifs is 5. The summed E-state index contributed by atoms with van der Waals surface area (Å²) in [5.41, 5.74) is 2.43. The number of hydrogen-bond donors (Lipinski definition) is 0. The van der Waals surface area contributed by atoms with E-state index in [1.165, 1.54) is 24.3 Å². The molecule has 44 heavy (non-hydrogen) atoms. The molecule has 1 aliphatic heterocycles.